The molecule has 0 rings (SSSR count). The molecule has 0 aliphatic heterocycles. The van der Waals surface area contributed by atoms with Gasteiger partial charge in [0.1, 0.15) is 25.3 Å². The minimum Gasteiger partial charge on any atom is -0.393 e. The number of aliphatic hydroxyl groups is 4. The summed E-state index contributed by atoms with van der Waals surface area (Å²) < 4.78 is 2.04. The summed E-state index contributed by atoms with van der Waals surface area (Å²) in [5.41, 5.74) is 0. The fourth-order valence-corrected chi connectivity index (χ4v) is 12.3. The predicted octanol–water partition coefficient (Wildman–Crippen LogP) is 18.9. The molecule has 0 aromatic heterocycles. The molecule has 434 valence electrons. The van der Waals surface area contributed by atoms with Crippen LogP contribution in [0.25, 0.3) is 0 Å². The first-order valence-corrected chi connectivity index (χ1v) is 33.6. The first-order valence-electron chi connectivity index (χ1n) is 33.6. The Hall–Kier alpha value is -0.240. The van der Waals surface area contributed by atoms with Crippen LogP contribution in [0.5, 0.6) is 0 Å². The Kier molecular flexibility index (Phi) is 56.8. The number of nitrogens with zero attached hydrogens (tertiary/aromatic N) is 2. The highest BCUT2D eigenvalue weighted by atomic mass is 16.3. The predicted molar refractivity (Wildman–Crippen MR) is 319 cm³/mol. The van der Waals surface area contributed by atoms with E-state index < -0.39 is 12.2 Å². The summed E-state index contributed by atoms with van der Waals surface area (Å²) in [6.07, 6.45) is 66.4. The van der Waals surface area contributed by atoms with E-state index in [9.17, 15) is 20.4 Å². The molecule has 0 fully saturated rings. The molecule has 0 bridgehead atoms. The molecular formula is C66H138N2O4+2. The number of rotatable bonds is 63. The lowest BCUT2D eigenvalue weighted by Crippen LogP contribution is -2.54. The van der Waals surface area contributed by atoms with Gasteiger partial charge in [-0.05, 0) is 77.0 Å². The molecule has 0 aliphatic carbocycles. The number of aliphatic hydroxyl groups excluding tert-OH is 4. The Morgan fingerprint density at radius 3 is 0.458 bits per heavy atom. The number of hydrogen-bond donors (Lipinski definition) is 4. The Labute approximate surface area is 454 Å². The van der Waals surface area contributed by atoms with Gasteiger partial charge in [-0.1, -0.05) is 272 Å². The Bertz CT molecular complexity index is 886. The van der Waals surface area contributed by atoms with E-state index in [0.29, 0.717) is 0 Å². The molecule has 6 nitrogen and oxygen atoms in total. The second kappa shape index (κ2) is 56.9. The van der Waals surface area contributed by atoms with Gasteiger partial charge in [0.25, 0.3) is 0 Å². The molecule has 0 saturated carbocycles. The van der Waals surface area contributed by atoms with Crippen molar-refractivity contribution in [1.82, 2.24) is 0 Å². The van der Waals surface area contributed by atoms with E-state index in [-0.39, 0.29) is 13.2 Å². The molecule has 4 N–H and O–H groups in total. The van der Waals surface area contributed by atoms with Crippen molar-refractivity contribution in [2.45, 2.75) is 361 Å². The standard InChI is InChI=1S/C66H138N2O4/c1-5-9-13-17-21-25-31-37-43-49-55-67(61-65(71)63-69,56-50-44-38-32-26-22-18-14-10-6-2)59-53-47-41-35-29-30-36-42-48-54-60-68(62-66(72)64-70,57-51-45-39-33-27-23-19-15-11-7-3)58-52-46-40-34-28-24-20-16-12-8-4/h65-66,69-72H,5-64H2,1-4H3/q+2. The van der Waals surface area contributed by atoms with Crippen molar-refractivity contribution in [3.63, 3.8) is 0 Å². The number of hydrogen-bond acceptors (Lipinski definition) is 4. The van der Waals surface area contributed by atoms with Crippen LogP contribution < -0.4 is 0 Å². The normalized spacial score (nSPS) is 13.2. The molecule has 0 aromatic carbocycles. The van der Waals surface area contributed by atoms with Crippen LogP contribution in [0, 0.1) is 0 Å². The van der Waals surface area contributed by atoms with Crippen LogP contribution in [0.4, 0.5) is 0 Å². The third kappa shape index (κ3) is 48.2. The van der Waals surface area contributed by atoms with Gasteiger partial charge in [-0.3, -0.25) is 0 Å². The molecular weight excluding hydrogens is 885 g/mol. The van der Waals surface area contributed by atoms with Crippen LogP contribution in [0.3, 0.4) is 0 Å². The third-order valence-corrected chi connectivity index (χ3v) is 17.1. The summed E-state index contributed by atoms with van der Waals surface area (Å²) in [6.45, 7) is 17.5. The van der Waals surface area contributed by atoms with Crippen molar-refractivity contribution in [2.24, 2.45) is 0 Å². The van der Waals surface area contributed by atoms with Gasteiger partial charge in [0.05, 0.1) is 52.5 Å². The van der Waals surface area contributed by atoms with Gasteiger partial charge in [0.15, 0.2) is 0 Å². The maximum atomic E-state index is 10.9. The first kappa shape index (κ1) is 71.8. The van der Waals surface area contributed by atoms with E-state index >= 15 is 0 Å². The van der Waals surface area contributed by atoms with Crippen LogP contribution in [0.1, 0.15) is 349 Å². The molecule has 0 aliphatic rings. The van der Waals surface area contributed by atoms with Crippen molar-refractivity contribution in [2.75, 3.05) is 65.6 Å². The van der Waals surface area contributed by atoms with Gasteiger partial charge < -0.3 is 29.4 Å². The highest BCUT2D eigenvalue weighted by Crippen LogP contribution is 2.23. The van der Waals surface area contributed by atoms with Crippen LogP contribution in [0.15, 0.2) is 0 Å². The fourth-order valence-electron chi connectivity index (χ4n) is 12.3. The summed E-state index contributed by atoms with van der Waals surface area (Å²) in [5.74, 6) is 0. The van der Waals surface area contributed by atoms with E-state index in [1.165, 1.54) is 360 Å². The van der Waals surface area contributed by atoms with Gasteiger partial charge in [-0.2, -0.15) is 0 Å². The summed E-state index contributed by atoms with van der Waals surface area (Å²) >= 11 is 0. The highest BCUT2D eigenvalue weighted by molar-refractivity contribution is 4.61. The lowest BCUT2D eigenvalue weighted by molar-refractivity contribution is -0.931. The van der Waals surface area contributed by atoms with Crippen LogP contribution in [-0.4, -0.2) is 107 Å². The molecule has 6 heteroatoms. The minimum atomic E-state index is -0.604. The van der Waals surface area contributed by atoms with Crippen molar-refractivity contribution < 1.29 is 29.4 Å². The Morgan fingerprint density at radius 2 is 0.333 bits per heavy atom. The van der Waals surface area contributed by atoms with Crippen molar-refractivity contribution in [1.29, 1.82) is 0 Å². The van der Waals surface area contributed by atoms with E-state index in [4.69, 9.17) is 0 Å². The third-order valence-electron chi connectivity index (χ3n) is 17.1. The van der Waals surface area contributed by atoms with E-state index in [1.807, 2.05) is 0 Å². The van der Waals surface area contributed by atoms with Gasteiger partial charge >= 0.3 is 0 Å². The SMILES string of the molecule is CCCCCCCCCCCC[N+](CCCCCCCCCCCC)(CCCCCCCCCCCC[N+](CCCCCCCCCCCC)(CCCCCCCCCCCC)CC(O)CO)CC(O)CO. The van der Waals surface area contributed by atoms with Gasteiger partial charge in [0.2, 0.25) is 0 Å². The summed E-state index contributed by atoms with van der Waals surface area (Å²) in [4.78, 5) is 0. The summed E-state index contributed by atoms with van der Waals surface area (Å²) in [7, 11) is 0. The molecule has 0 aromatic rings. The quantitative estimate of drug-likeness (QED) is 0.0361. The first-order chi connectivity index (χ1) is 35.4. The Morgan fingerprint density at radius 1 is 0.208 bits per heavy atom. The largest absolute Gasteiger partial charge is 0.393 e. The highest BCUT2D eigenvalue weighted by Gasteiger charge is 2.30. The second-order valence-corrected chi connectivity index (χ2v) is 24.3. The molecule has 0 radical (unpaired) electrons. The molecule has 0 amide bonds. The van der Waals surface area contributed by atoms with E-state index in [2.05, 4.69) is 27.7 Å². The van der Waals surface area contributed by atoms with Crippen molar-refractivity contribution in [3.05, 3.63) is 0 Å². The summed E-state index contributed by atoms with van der Waals surface area (Å²) in [6, 6.07) is 0. The topological polar surface area (TPSA) is 80.9 Å². The zero-order valence-corrected chi connectivity index (χ0v) is 50.3. The molecule has 0 spiro atoms. The number of quaternary nitrogens is 2. The zero-order chi connectivity index (χ0) is 52.6. The molecule has 2 unspecified atom stereocenters. The van der Waals surface area contributed by atoms with Crippen molar-refractivity contribution >= 4 is 0 Å². The van der Waals surface area contributed by atoms with E-state index in [1.54, 1.807) is 0 Å². The summed E-state index contributed by atoms with van der Waals surface area (Å²) in [5, 5.41) is 41.8. The second-order valence-electron chi connectivity index (χ2n) is 24.3. The number of unbranched alkanes of at least 4 members (excludes halogenated alkanes) is 45. The lowest BCUT2D eigenvalue weighted by Gasteiger charge is -2.40. The van der Waals surface area contributed by atoms with Gasteiger partial charge in [0, 0.05) is 0 Å². The van der Waals surface area contributed by atoms with Crippen LogP contribution in [-0.2, 0) is 0 Å². The van der Waals surface area contributed by atoms with Crippen molar-refractivity contribution in [3.8, 4) is 0 Å². The molecule has 72 heavy (non-hydrogen) atoms. The average Bonchev–Trinajstić information content (AvgIpc) is 3.38. The maximum Gasteiger partial charge on any atom is 0.126 e. The molecule has 2 atom stereocenters. The minimum absolute atomic E-state index is 0.109. The van der Waals surface area contributed by atoms with Crippen LogP contribution in [0.2, 0.25) is 0 Å². The molecule has 0 saturated heterocycles. The fraction of sp³-hybridized carbons (Fsp3) is 1.00. The van der Waals surface area contributed by atoms with Crippen LogP contribution >= 0.6 is 0 Å². The smallest absolute Gasteiger partial charge is 0.126 e. The van der Waals surface area contributed by atoms with Gasteiger partial charge in [-0.15, -0.1) is 0 Å². The lowest BCUT2D eigenvalue weighted by atomic mass is 10.0. The Balaban J connectivity index is 5.05. The molecule has 0 heterocycles. The van der Waals surface area contributed by atoms with E-state index in [0.717, 1.165) is 22.1 Å². The monoisotopic (exact) mass is 1020 g/mol. The zero-order valence-electron chi connectivity index (χ0n) is 50.3. The average molecular weight is 1020 g/mol. The van der Waals surface area contributed by atoms with Gasteiger partial charge in [-0.25, -0.2) is 0 Å². The maximum absolute atomic E-state index is 10.9.